The summed E-state index contributed by atoms with van der Waals surface area (Å²) in [7, 11) is 0. The van der Waals surface area contributed by atoms with E-state index in [1.807, 2.05) is 0 Å². The van der Waals surface area contributed by atoms with Gasteiger partial charge in [-0.3, -0.25) is 4.79 Å². The van der Waals surface area contributed by atoms with Crippen LogP contribution < -0.4 is 0 Å². The van der Waals surface area contributed by atoms with Gasteiger partial charge in [0.1, 0.15) is 6.10 Å². The first-order valence-electron chi connectivity index (χ1n) is 5.83. The number of hydrogen-bond acceptors (Lipinski definition) is 5. The molecule has 18 heavy (non-hydrogen) atoms. The Labute approximate surface area is 104 Å². The molecule has 2 aliphatic rings. The van der Waals surface area contributed by atoms with Gasteiger partial charge in [0.05, 0.1) is 12.0 Å². The van der Waals surface area contributed by atoms with Crippen LogP contribution in [-0.2, 0) is 19.1 Å². The van der Waals surface area contributed by atoms with Gasteiger partial charge in [-0.2, -0.15) is 0 Å². The van der Waals surface area contributed by atoms with Crippen LogP contribution >= 0.6 is 0 Å². The minimum absolute atomic E-state index is 0.198. The Kier molecular flexibility index (Phi) is 3.41. The van der Waals surface area contributed by atoms with E-state index in [2.05, 4.69) is 6.58 Å². The average Bonchev–Trinajstić information content (AvgIpc) is 2.58. The van der Waals surface area contributed by atoms with Crippen molar-refractivity contribution in [3.8, 4) is 0 Å². The van der Waals surface area contributed by atoms with Crippen LogP contribution in [0.4, 0.5) is 0 Å². The fraction of sp³-hybridized carbons (Fsp3) is 0.667. The Morgan fingerprint density at radius 3 is 2.61 bits per heavy atom. The van der Waals surface area contributed by atoms with E-state index in [9.17, 15) is 14.7 Å². The second kappa shape index (κ2) is 4.70. The molecule has 5 atom stereocenters. The summed E-state index contributed by atoms with van der Waals surface area (Å²) in [5, 5.41) is 18.7. The standard InChI is InChI=1S/C12H16O6/c1-5(2)11(15)18-9-7(10(13)14)3-6-4-8(9)17-12(6)16/h6-9,12,16H,1,3-4H2,2H3,(H,13,14). The lowest BCUT2D eigenvalue weighted by molar-refractivity contribution is -0.171. The van der Waals surface area contributed by atoms with Crippen molar-refractivity contribution in [2.75, 3.05) is 0 Å². The summed E-state index contributed by atoms with van der Waals surface area (Å²) >= 11 is 0. The molecule has 2 bridgehead atoms. The lowest BCUT2D eigenvalue weighted by Crippen LogP contribution is -2.44. The van der Waals surface area contributed by atoms with Gasteiger partial charge >= 0.3 is 11.9 Å². The van der Waals surface area contributed by atoms with E-state index < -0.39 is 36.4 Å². The number of aliphatic hydroxyl groups excluding tert-OH is 1. The first kappa shape index (κ1) is 13.0. The minimum atomic E-state index is -1.04. The van der Waals surface area contributed by atoms with Gasteiger partial charge in [-0.1, -0.05) is 6.58 Å². The molecule has 1 saturated carbocycles. The Balaban J connectivity index is 2.16. The first-order valence-corrected chi connectivity index (χ1v) is 5.83. The molecule has 0 amide bonds. The van der Waals surface area contributed by atoms with E-state index in [1.165, 1.54) is 6.92 Å². The smallest absolute Gasteiger partial charge is 0.333 e. The molecule has 0 aromatic carbocycles. The lowest BCUT2D eigenvalue weighted by Gasteiger charge is -2.31. The number of hydrogen-bond donors (Lipinski definition) is 2. The molecule has 6 heteroatoms. The van der Waals surface area contributed by atoms with Crippen LogP contribution in [0.3, 0.4) is 0 Å². The molecule has 1 aliphatic carbocycles. The largest absolute Gasteiger partial charge is 0.481 e. The molecule has 5 unspecified atom stereocenters. The maximum atomic E-state index is 11.5. The lowest BCUT2D eigenvalue weighted by atomic mass is 9.79. The second-order valence-electron chi connectivity index (χ2n) is 4.89. The maximum absolute atomic E-state index is 11.5. The van der Waals surface area contributed by atoms with Gasteiger partial charge in [0.2, 0.25) is 0 Å². The third-order valence-electron chi connectivity index (χ3n) is 3.48. The molecule has 0 spiro atoms. The molecule has 6 nitrogen and oxygen atoms in total. The van der Waals surface area contributed by atoms with Crippen molar-refractivity contribution in [2.45, 2.75) is 38.3 Å². The second-order valence-corrected chi connectivity index (χ2v) is 4.89. The van der Waals surface area contributed by atoms with Gasteiger partial charge in [0.15, 0.2) is 6.29 Å². The average molecular weight is 256 g/mol. The highest BCUT2D eigenvalue weighted by molar-refractivity contribution is 5.87. The van der Waals surface area contributed by atoms with E-state index in [0.29, 0.717) is 6.42 Å². The quantitative estimate of drug-likeness (QED) is 0.557. The maximum Gasteiger partial charge on any atom is 0.333 e. The Bertz CT molecular complexity index is 388. The number of carboxylic acid groups (broad SMARTS) is 1. The number of ether oxygens (including phenoxy) is 2. The number of carbonyl (C=O) groups excluding carboxylic acids is 1. The van der Waals surface area contributed by atoms with Crippen molar-refractivity contribution < 1.29 is 29.3 Å². The summed E-state index contributed by atoms with van der Waals surface area (Å²) in [5.41, 5.74) is 0.208. The van der Waals surface area contributed by atoms with E-state index >= 15 is 0 Å². The van der Waals surface area contributed by atoms with E-state index in [1.54, 1.807) is 0 Å². The van der Waals surface area contributed by atoms with Gasteiger partial charge < -0.3 is 19.7 Å². The predicted octanol–water partition coefficient (Wildman–Crippen LogP) is 0.302. The highest BCUT2D eigenvalue weighted by atomic mass is 16.6. The monoisotopic (exact) mass is 256 g/mol. The molecular weight excluding hydrogens is 240 g/mol. The van der Waals surface area contributed by atoms with Crippen LogP contribution in [0, 0.1) is 11.8 Å². The van der Waals surface area contributed by atoms with Gasteiger partial charge in [0.25, 0.3) is 0 Å². The molecule has 100 valence electrons. The zero-order valence-electron chi connectivity index (χ0n) is 10.0. The molecular formula is C12H16O6. The van der Waals surface area contributed by atoms with E-state index in [-0.39, 0.29) is 17.9 Å². The Morgan fingerprint density at radius 1 is 1.39 bits per heavy atom. The molecule has 1 heterocycles. The van der Waals surface area contributed by atoms with Crippen molar-refractivity contribution in [3.05, 3.63) is 12.2 Å². The molecule has 0 aromatic heterocycles. The zero-order chi connectivity index (χ0) is 13.4. The van der Waals surface area contributed by atoms with Crippen LogP contribution in [0.15, 0.2) is 12.2 Å². The van der Waals surface area contributed by atoms with Crippen molar-refractivity contribution in [3.63, 3.8) is 0 Å². The van der Waals surface area contributed by atoms with E-state index in [0.717, 1.165) is 0 Å². The minimum Gasteiger partial charge on any atom is -0.481 e. The third kappa shape index (κ3) is 2.26. The fourth-order valence-corrected chi connectivity index (χ4v) is 2.53. The predicted molar refractivity (Wildman–Crippen MR) is 59.4 cm³/mol. The number of carboxylic acids is 1. The van der Waals surface area contributed by atoms with Crippen molar-refractivity contribution in [1.29, 1.82) is 0 Å². The summed E-state index contributed by atoms with van der Waals surface area (Å²) in [6, 6.07) is 0. The number of carbonyl (C=O) groups is 2. The van der Waals surface area contributed by atoms with Gasteiger partial charge in [-0.25, -0.2) is 4.79 Å². The third-order valence-corrected chi connectivity index (χ3v) is 3.48. The SMILES string of the molecule is C=C(C)C(=O)OC1C2CC(CC1C(=O)O)C(O)O2. The van der Waals surface area contributed by atoms with Gasteiger partial charge in [-0.15, -0.1) is 0 Å². The first-order chi connectivity index (χ1) is 8.40. The van der Waals surface area contributed by atoms with Crippen molar-refractivity contribution in [2.24, 2.45) is 11.8 Å². The Morgan fingerprint density at radius 2 is 2.06 bits per heavy atom. The van der Waals surface area contributed by atoms with Gasteiger partial charge in [-0.05, 0) is 19.8 Å². The van der Waals surface area contributed by atoms with E-state index in [4.69, 9.17) is 14.6 Å². The molecule has 2 fully saturated rings. The number of aliphatic hydroxyl groups is 1. The molecule has 2 rings (SSSR count). The van der Waals surface area contributed by atoms with Gasteiger partial charge in [0, 0.05) is 11.5 Å². The molecule has 0 aromatic rings. The molecule has 2 N–H and O–H groups in total. The molecule has 0 radical (unpaired) electrons. The summed E-state index contributed by atoms with van der Waals surface area (Å²) in [6.45, 7) is 4.95. The summed E-state index contributed by atoms with van der Waals surface area (Å²) in [4.78, 5) is 22.7. The highest BCUT2D eigenvalue weighted by Crippen LogP contribution is 2.41. The number of rotatable bonds is 3. The van der Waals surface area contributed by atoms with Crippen molar-refractivity contribution in [1.82, 2.24) is 0 Å². The Hall–Kier alpha value is -1.40. The summed E-state index contributed by atoms with van der Waals surface area (Å²) in [5.74, 6) is -2.71. The number of aliphatic carboxylic acids is 1. The molecule has 1 aliphatic heterocycles. The normalized spacial score (nSPS) is 38.2. The van der Waals surface area contributed by atoms with Crippen LogP contribution in [0.25, 0.3) is 0 Å². The molecule has 1 saturated heterocycles. The summed E-state index contributed by atoms with van der Waals surface area (Å²) in [6.07, 6.45) is -1.62. The van der Waals surface area contributed by atoms with Crippen LogP contribution in [-0.4, -0.2) is 40.6 Å². The highest BCUT2D eigenvalue weighted by Gasteiger charge is 2.51. The van der Waals surface area contributed by atoms with Crippen LogP contribution in [0.1, 0.15) is 19.8 Å². The van der Waals surface area contributed by atoms with Crippen LogP contribution in [0.2, 0.25) is 0 Å². The fourth-order valence-electron chi connectivity index (χ4n) is 2.53. The van der Waals surface area contributed by atoms with Crippen molar-refractivity contribution >= 4 is 11.9 Å². The zero-order valence-corrected chi connectivity index (χ0v) is 10.0. The van der Waals surface area contributed by atoms with Crippen LogP contribution in [0.5, 0.6) is 0 Å². The number of fused-ring (bicyclic) bond motifs is 2. The number of esters is 1. The topological polar surface area (TPSA) is 93.1 Å². The summed E-state index contributed by atoms with van der Waals surface area (Å²) < 4.78 is 10.4.